The number of carboxylic acid groups (broad SMARTS) is 1. The molecule has 4 aliphatic rings. The molecule has 3 aromatic carbocycles. The van der Waals surface area contributed by atoms with Gasteiger partial charge in [-0.05, 0) is 54.8 Å². The third kappa shape index (κ3) is 9.73. The molecule has 2 radical (unpaired) electrons. The molecule has 65 heavy (non-hydrogen) atoms. The van der Waals surface area contributed by atoms with E-state index in [2.05, 4.69) is 5.32 Å². The minimum atomic E-state index is -2.41. The van der Waals surface area contributed by atoms with Gasteiger partial charge in [0.05, 0.1) is 42.6 Å². The molecule has 11 atom stereocenters. The third-order valence-corrected chi connectivity index (χ3v) is 13.7. The van der Waals surface area contributed by atoms with Crippen LogP contribution in [0, 0.1) is 105 Å². The van der Waals surface area contributed by atoms with E-state index in [4.69, 9.17) is 18.9 Å². The number of aliphatic hydroxyl groups excluding tert-OH is 2. The molecular formula is C47H51Ac2NO15. The van der Waals surface area contributed by atoms with Gasteiger partial charge in [0.1, 0.15) is 35.6 Å². The molecule has 2 saturated carbocycles. The molecule has 18 heteroatoms. The number of rotatable bonds is 12. The summed E-state index contributed by atoms with van der Waals surface area (Å²) in [4.78, 5) is 82.2. The molecule has 1 saturated heterocycles. The van der Waals surface area contributed by atoms with Crippen molar-refractivity contribution in [1.82, 2.24) is 5.32 Å². The van der Waals surface area contributed by atoms with Gasteiger partial charge in [0, 0.05) is 118 Å². The van der Waals surface area contributed by atoms with Gasteiger partial charge in [-0.2, -0.15) is 0 Å². The fraction of sp³-hybridized carbons (Fsp3) is 0.447. The first-order valence-corrected chi connectivity index (χ1v) is 20.7. The van der Waals surface area contributed by atoms with E-state index in [9.17, 15) is 54.3 Å². The molecule has 1 aliphatic heterocycles. The molecule has 3 fully saturated rings. The van der Waals surface area contributed by atoms with Gasteiger partial charge >= 0.3 is 23.9 Å². The summed E-state index contributed by atoms with van der Waals surface area (Å²) in [5, 5.41) is 61.9. The van der Waals surface area contributed by atoms with Crippen LogP contribution >= 0.6 is 0 Å². The summed E-state index contributed by atoms with van der Waals surface area (Å²) in [6, 6.07) is 22.3. The van der Waals surface area contributed by atoms with Crippen LogP contribution in [0.1, 0.15) is 85.7 Å². The first-order valence-electron chi connectivity index (χ1n) is 20.7. The van der Waals surface area contributed by atoms with Crippen LogP contribution in [0.25, 0.3) is 0 Å². The van der Waals surface area contributed by atoms with E-state index in [1.54, 1.807) is 66.7 Å². The zero-order valence-electron chi connectivity index (χ0n) is 36.3. The summed E-state index contributed by atoms with van der Waals surface area (Å²) in [6.45, 7) is 5.49. The summed E-state index contributed by atoms with van der Waals surface area (Å²) in [5.41, 5.74) is -7.58. The topological polar surface area (TPSA) is 253 Å². The zero-order valence-corrected chi connectivity index (χ0v) is 45.8. The normalized spacial score (nSPS) is 30.6. The van der Waals surface area contributed by atoms with Crippen LogP contribution < -0.4 is 5.32 Å². The summed E-state index contributed by atoms with van der Waals surface area (Å²) in [5.74, 6) is -7.87. The minimum absolute atomic E-state index is 0. The Hall–Kier alpha value is -2.90. The summed E-state index contributed by atoms with van der Waals surface area (Å²) < 4.78 is 23.8. The van der Waals surface area contributed by atoms with Crippen molar-refractivity contribution in [2.45, 2.75) is 107 Å². The van der Waals surface area contributed by atoms with Gasteiger partial charge in [0.2, 0.25) is 6.10 Å². The van der Waals surface area contributed by atoms with Crippen LogP contribution in [0.5, 0.6) is 0 Å². The van der Waals surface area contributed by atoms with E-state index in [1.807, 2.05) is 0 Å². The van der Waals surface area contributed by atoms with E-state index in [0.29, 0.717) is 0 Å². The Balaban J connectivity index is 0.00000397. The molecule has 340 valence electrons. The van der Waals surface area contributed by atoms with Crippen molar-refractivity contribution in [2.24, 2.45) is 16.7 Å². The fourth-order valence-electron chi connectivity index (χ4n) is 10.1. The summed E-state index contributed by atoms with van der Waals surface area (Å²) in [6.07, 6.45) is -12.2. The number of aliphatic hydroxyl groups is 4. The van der Waals surface area contributed by atoms with Crippen LogP contribution in [0.3, 0.4) is 0 Å². The number of benzene rings is 3. The zero-order chi connectivity index (χ0) is 45.6. The van der Waals surface area contributed by atoms with E-state index >= 15 is 0 Å². The number of Topliss-reactive ketones (excluding diaryl/α,β-unsaturated/α-hetero) is 1. The standard InChI is InChI=1S/C47H51NO15.2Ac/c1-25-29(61-43(57)37(62-33(52)21-20-32(50)51)35(26-14-8-5-9-15-26)48-41(55)27-16-10-6-11-17-27)23-47(59)40(63-42(56)28-18-12-7-13-19-28)38-45(4,30(49)22-31-46(38,58)24-60-31)39(54)36(53)34(25)44(47,2)3;;/h5-19,29-31,35-38,40,49,53,58-59H,20-24H2,1-4H3,(H,48,55)(H,50,51);;/t29?,30?,31?,35?,36?,37?,38?,40-,45+,46-,47?;;/m0../s1. The maximum atomic E-state index is 14.9. The van der Waals surface area contributed by atoms with Gasteiger partial charge in [0.15, 0.2) is 5.78 Å². The molecule has 2 bridgehead atoms. The summed E-state index contributed by atoms with van der Waals surface area (Å²) in [7, 11) is 0. The van der Waals surface area contributed by atoms with Crippen LogP contribution in [-0.2, 0) is 38.1 Å². The number of hydrogen-bond donors (Lipinski definition) is 6. The van der Waals surface area contributed by atoms with Crippen molar-refractivity contribution < 1.29 is 161 Å². The van der Waals surface area contributed by atoms with Crippen LogP contribution in [0.15, 0.2) is 102 Å². The number of carboxylic acids is 1. The molecule has 7 rings (SSSR count). The van der Waals surface area contributed by atoms with Gasteiger partial charge < -0.3 is 49.8 Å². The average molecular weight is 1320 g/mol. The molecule has 3 aliphatic carbocycles. The number of fused-ring (bicyclic) bond motifs is 5. The van der Waals surface area contributed by atoms with Gasteiger partial charge in [-0.3, -0.25) is 19.2 Å². The number of esters is 3. The number of carbonyl (C=O) groups excluding carboxylic acids is 5. The molecule has 3 aromatic rings. The molecular weight excluding hydrogens is 1270 g/mol. The van der Waals surface area contributed by atoms with E-state index in [1.165, 1.54) is 52.0 Å². The predicted octanol–water partition coefficient (Wildman–Crippen LogP) is 3.01. The van der Waals surface area contributed by atoms with Crippen LogP contribution in [-0.4, -0.2) is 116 Å². The minimum Gasteiger partial charge on any atom is -0.481 e. The second-order valence-corrected chi connectivity index (χ2v) is 17.6. The van der Waals surface area contributed by atoms with Crippen molar-refractivity contribution in [1.29, 1.82) is 0 Å². The molecule has 1 heterocycles. The van der Waals surface area contributed by atoms with E-state index < -0.39 is 125 Å². The first kappa shape index (κ1) is 53.1. The largest absolute Gasteiger partial charge is 0.481 e. The maximum absolute atomic E-state index is 14.9. The quantitative estimate of drug-likeness (QED) is 0.0867. The van der Waals surface area contributed by atoms with Crippen molar-refractivity contribution in [3.8, 4) is 0 Å². The molecule has 0 aromatic heterocycles. The molecule has 16 nitrogen and oxygen atoms in total. The second-order valence-electron chi connectivity index (χ2n) is 17.6. The number of ketones is 1. The number of carbonyl (C=O) groups is 6. The molecule has 8 unspecified atom stereocenters. The third-order valence-electron chi connectivity index (χ3n) is 13.7. The van der Waals surface area contributed by atoms with E-state index in [0.717, 1.165) is 0 Å². The van der Waals surface area contributed by atoms with Crippen molar-refractivity contribution in [3.05, 3.63) is 119 Å². The number of aliphatic carboxylic acids is 1. The molecule has 0 spiro atoms. The number of ether oxygens (including phenoxy) is 4. The van der Waals surface area contributed by atoms with Crippen LogP contribution in [0.2, 0.25) is 0 Å². The van der Waals surface area contributed by atoms with Gasteiger partial charge in [0.25, 0.3) is 5.91 Å². The smallest absolute Gasteiger partial charge is 0.350 e. The van der Waals surface area contributed by atoms with Crippen molar-refractivity contribution >= 4 is 35.6 Å². The Kier molecular flexibility index (Phi) is 17.0. The Morgan fingerprint density at radius 1 is 0.831 bits per heavy atom. The molecule has 1 amide bonds. The SMILES string of the molecule is CC1=C2C(O)C(=O)[C@]3(C)C(O)CC4OC[C@@]4(O)C3[C@H](OC(=O)c3ccccc3)C(O)(CC1OC(=O)C(OC(=O)CCC(=O)O)C(NC(=O)c1ccccc1)c1ccccc1)C2(C)C.[Ac].[Ac]. The van der Waals surface area contributed by atoms with Crippen molar-refractivity contribution in [2.75, 3.05) is 6.61 Å². The first-order chi connectivity index (χ1) is 29.7. The number of nitrogens with one attached hydrogen (secondary N) is 1. The van der Waals surface area contributed by atoms with Crippen molar-refractivity contribution in [3.63, 3.8) is 0 Å². The van der Waals surface area contributed by atoms with Gasteiger partial charge in [-0.1, -0.05) is 80.6 Å². The second kappa shape index (κ2) is 20.8. The predicted molar refractivity (Wildman–Crippen MR) is 219 cm³/mol. The fourth-order valence-corrected chi connectivity index (χ4v) is 10.1. The van der Waals surface area contributed by atoms with Crippen LogP contribution in [0.4, 0.5) is 0 Å². The molecule has 6 N–H and O–H groups in total. The Labute approximate surface area is 446 Å². The number of hydrogen-bond acceptors (Lipinski definition) is 14. The average Bonchev–Trinajstić information content (AvgIpc) is 3.26. The van der Waals surface area contributed by atoms with Gasteiger partial charge in [-0.15, -0.1) is 0 Å². The monoisotopic (exact) mass is 1320 g/mol. The van der Waals surface area contributed by atoms with Gasteiger partial charge in [-0.25, -0.2) is 9.59 Å². The van der Waals surface area contributed by atoms with E-state index in [-0.39, 0.29) is 129 Å². The Bertz CT molecular complexity index is 2310. The maximum Gasteiger partial charge on any atom is 0.350 e. The Morgan fingerprint density at radius 3 is 1.95 bits per heavy atom. The Morgan fingerprint density at radius 2 is 1.40 bits per heavy atom. The summed E-state index contributed by atoms with van der Waals surface area (Å²) >= 11 is 0. The number of amides is 1.